The number of fused-ring (bicyclic) bond motifs is 4. The predicted octanol–water partition coefficient (Wildman–Crippen LogP) is 12.6. The van der Waals surface area contributed by atoms with Crippen molar-refractivity contribution < 1.29 is 43.3 Å². The summed E-state index contributed by atoms with van der Waals surface area (Å²) >= 11 is 0. The Hall–Kier alpha value is -3.71. The fourth-order valence-corrected chi connectivity index (χ4v) is 11.4. The first kappa shape index (κ1) is 62.8. The first-order chi connectivity index (χ1) is 36.1. The van der Waals surface area contributed by atoms with Crippen LogP contribution in [-0.4, -0.2) is 90.7 Å². The van der Waals surface area contributed by atoms with Gasteiger partial charge in [0, 0.05) is 25.6 Å². The molecule has 13 heteroatoms. The summed E-state index contributed by atoms with van der Waals surface area (Å²) in [7, 11) is 1.32. The van der Waals surface area contributed by atoms with Crippen LogP contribution >= 0.6 is 0 Å². The van der Waals surface area contributed by atoms with E-state index in [1.54, 1.807) is 0 Å². The first-order valence-corrected chi connectivity index (χ1v) is 30.5. The minimum Gasteiger partial charge on any atom is -0.467 e. The van der Waals surface area contributed by atoms with Gasteiger partial charge in [-0.15, -0.1) is 0 Å². The third-order valence-electron chi connectivity index (χ3n) is 16.2. The molecule has 3 heterocycles. The highest BCUT2D eigenvalue weighted by Gasteiger charge is 2.40. The molecule has 0 aromatic heterocycles. The zero-order valence-electron chi connectivity index (χ0n) is 47.1. The number of nitrogens with one attached hydrogen (secondary N) is 3. The number of carbonyl (C=O) groups is 5. The fourth-order valence-electron chi connectivity index (χ4n) is 11.4. The van der Waals surface area contributed by atoms with Crippen molar-refractivity contribution in [2.24, 2.45) is 5.92 Å². The lowest BCUT2D eigenvalue weighted by atomic mass is 9.80. The number of aliphatic hydroxyl groups is 1. The van der Waals surface area contributed by atoms with Crippen molar-refractivity contribution >= 4 is 29.5 Å². The van der Waals surface area contributed by atoms with Gasteiger partial charge in [-0.2, -0.15) is 0 Å². The smallest absolute Gasteiger partial charge is 0.328 e. The van der Waals surface area contributed by atoms with Gasteiger partial charge in [0.05, 0.1) is 19.3 Å². The molecule has 1 aromatic rings. The van der Waals surface area contributed by atoms with Gasteiger partial charge in [-0.05, 0) is 67.7 Å². The number of ketones is 1. The molecule has 0 aliphatic carbocycles. The van der Waals surface area contributed by atoms with Crippen molar-refractivity contribution in [1.29, 1.82) is 0 Å². The molecule has 74 heavy (non-hydrogen) atoms. The van der Waals surface area contributed by atoms with Gasteiger partial charge in [0.2, 0.25) is 24.4 Å². The van der Waals surface area contributed by atoms with E-state index in [-0.39, 0.29) is 31.1 Å². The Morgan fingerprint density at radius 3 is 1.57 bits per heavy atom. The zero-order valence-corrected chi connectivity index (χ0v) is 47.1. The SMILES string of the molecule is CCCCCCCCCCCCC(NC(=O)C(=O)C(CCCCCCCCCCCC)NC(=O)CC[C@H]1CN2CCc3cc4c(cc3[C@@H]2C[C@@H]1O)OCO4)C(=O)NC(CCCCCCCCCCCC)C(=O)OC. The van der Waals surface area contributed by atoms with Crippen molar-refractivity contribution in [3.8, 4) is 11.5 Å². The Labute approximate surface area is 448 Å². The number of ether oxygens (including phenoxy) is 3. The Morgan fingerprint density at radius 1 is 0.608 bits per heavy atom. The topological polar surface area (TPSA) is 173 Å². The number of unbranched alkanes of at least 4 members (excludes halogenated alkanes) is 27. The molecular formula is C61H104N4O9. The van der Waals surface area contributed by atoms with Gasteiger partial charge in [0.25, 0.3) is 5.91 Å². The van der Waals surface area contributed by atoms with E-state index in [1.165, 1.54) is 128 Å². The van der Waals surface area contributed by atoms with Crippen LogP contribution in [-0.2, 0) is 35.1 Å². The van der Waals surface area contributed by atoms with E-state index in [2.05, 4.69) is 53.8 Å². The van der Waals surface area contributed by atoms with Gasteiger partial charge in [0.15, 0.2) is 11.5 Å². The van der Waals surface area contributed by atoms with Gasteiger partial charge < -0.3 is 35.3 Å². The lowest BCUT2D eigenvalue weighted by Crippen LogP contribution is -2.55. The van der Waals surface area contributed by atoms with Gasteiger partial charge in [0.1, 0.15) is 12.1 Å². The van der Waals surface area contributed by atoms with E-state index in [0.717, 1.165) is 94.2 Å². The van der Waals surface area contributed by atoms with E-state index in [4.69, 9.17) is 14.2 Å². The number of carbonyl (C=O) groups excluding carboxylic acids is 5. The number of rotatable bonds is 43. The molecule has 4 rings (SSSR count). The first-order valence-electron chi connectivity index (χ1n) is 30.5. The summed E-state index contributed by atoms with van der Waals surface area (Å²) in [6.45, 7) is 8.38. The largest absolute Gasteiger partial charge is 0.467 e. The van der Waals surface area contributed by atoms with E-state index in [0.29, 0.717) is 51.5 Å². The van der Waals surface area contributed by atoms with Gasteiger partial charge in [-0.3, -0.25) is 24.1 Å². The van der Waals surface area contributed by atoms with Gasteiger partial charge >= 0.3 is 5.97 Å². The van der Waals surface area contributed by atoms with E-state index in [9.17, 15) is 29.1 Å². The second-order valence-electron chi connectivity index (χ2n) is 22.3. The van der Waals surface area contributed by atoms with Crippen molar-refractivity contribution in [2.45, 2.75) is 289 Å². The minimum absolute atomic E-state index is 0.0572. The summed E-state index contributed by atoms with van der Waals surface area (Å²) in [5, 5.41) is 20.1. The molecule has 6 atom stereocenters. The van der Waals surface area contributed by atoms with E-state index >= 15 is 0 Å². The number of benzene rings is 1. The highest BCUT2D eigenvalue weighted by molar-refractivity contribution is 6.38. The van der Waals surface area contributed by atoms with Gasteiger partial charge in [-0.1, -0.05) is 213 Å². The number of nitrogens with zero attached hydrogens (tertiary/aromatic N) is 1. The molecule has 422 valence electrons. The van der Waals surface area contributed by atoms with Crippen molar-refractivity contribution in [3.63, 3.8) is 0 Å². The minimum atomic E-state index is -1.05. The maximum atomic E-state index is 14.3. The summed E-state index contributed by atoms with van der Waals surface area (Å²) in [6.07, 6.45) is 36.1. The highest BCUT2D eigenvalue weighted by Crippen LogP contribution is 2.44. The van der Waals surface area contributed by atoms with Crippen LogP contribution in [0.25, 0.3) is 0 Å². The molecule has 1 saturated heterocycles. The second kappa shape index (κ2) is 37.9. The van der Waals surface area contributed by atoms with Gasteiger partial charge in [-0.25, -0.2) is 4.79 Å². The molecule has 3 unspecified atom stereocenters. The maximum Gasteiger partial charge on any atom is 0.328 e. The zero-order chi connectivity index (χ0) is 53.2. The number of methoxy groups -OCH3 is 1. The summed E-state index contributed by atoms with van der Waals surface area (Å²) in [6, 6.07) is 1.24. The number of esters is 1. The normalized spacial score (nSPS) is 18.2. The molecule has 13 nitrogen and oxygen atoms in total. The average Bonchev–Trinajstić information content (AvgIpc) is 3.87. The summed E-state index contributed by atoms with van der Waals surface area (Å²) < 4.78 is 16.4. The lowest BCUT2D eigenvalue weighted by Gasteiger charge is -2.45. The molecule has 1 fully saturated rings. The Balaban J connectivity index is 1.37. The van der Waals surface area contributed by atoms with Crippen LogP contribution in [0.4, 0.5) is 0 Å². The molecule has 4 N–H and O–H groups in total. The van der Waals surface area contributed by atoms with Crippen LogP contribution in [0.1, 0.15) is 269 Å². The van der Waals surface area contributed by atoms with Crippen LogP contribution in [0.15, 0.2) is 12.1 Å². The van der Waals surface area contributed by atoms with Crippen LogP contribution in [0.5, 0.6) is 11.5 Å². The summed E-state index contributed by atoms with van der Waals surface area (Å²) in [5.74, 6) is -1.64. The molecule has 0 radical (unpaired) electrons. The predicted molar refractivity (Wildman–Crippen MR) is 296 cm³/mol. The lowest BCUT2D eigenvalue weighted by molar-refractivity contribution is -0.146. The molecule has 0 bridgehead atoms. The van der Waals surface area contributed by atoms with Crippen molar-refractivity contribution in [3.05, 3.63) is 23.3 Å². The highest BCUT2D eigenvalue weighted by atomic mass is 16.7. The third kappa shape index (κ3) is 23.7. The Bertz CT molecular complexity index is 1760. The van der Waals surface area contributed by atoms with Crippen LogP contribution < -0.4 is 25.4 Å². The number of hydrogen-bond acceptors (Lipinski definition) is 10. The van der Waals surface area contributed by atoms with E-state index in [1.807, 2.05) is 0 Å². The molecule has 0 saturated carbocycles. The fraction of sp³-hybridized carbons (Fsp3) is 0.820. The standard InChI is InChI=1S/C61H104N4O9/c1-5-8-11-14-17-20-23-26-29-32-35-50(62-57(67)39-38-48-45-65-41-40-47-42-55-56(74-46-73-55)43-49(47)53(65)44-54(48)66)58(68)60(70)63-51(36-33-30-27-24-21-18-15-12-9-6-2)59(69)64-52(61(71)72-4)37-34-31-28-25-22-19-16-13-10-7-3/h42-43,48,50-54,66H,5-41,44-46H2,1-4H3,(H,62,67)(H,63,70)(H,64,69)/t48-,50?,51?,52?,53-,54-/m0/s1. The molecule has 3 amide bonds. The summed E-state index contributed by atoms with van der Waals surface area (Å²) in [5.41, 5.74) is 2.39. The molecule has 0 spiro atoms. The van der Waals surface area contributed by atoms with Crippen molar-refractivity contribution in [2.75, 3.05) is 27.0 Å². The number of piperidine rings is 1. The third-order valence-corrected chi connectivity index (χ3v) is 16.2. The van der Waals surface area contributed by atoms with Crippen LogP contribution in [0.3, 0.4) is 0 Å². The van der Waals surface area contributed by atoms with Crippen LogP contribution in [0, 0.1) is 5.92 Å². The Kier molecular flexibility index (Phi) is 32.2. The monoisotopic (exact) mass is 1040 g/mol. The number of Topliss-reactive ketones (excluding diaryl/α,β-unsaturated/α-hetero) is 1. The number of hydrogen-bond donors (Lipinski definition) is 4. The van der Waals surface area contributed by atoms with Crippen LogP contribution in [0.2, 0.25) is 0 Å². The average molecular weight is 1040 g/mol. The quantitative estimate of drug-likeness (QED) is 0.0280. The number of amides is 3. The van der Waals surface area contributed by atoms with Crippen molar-refractivity contribution in [1.82, 2.24) is 20.9 Å². The van der Waals surface area contributed by atoms with E-state index < -0.39 is 47.8 Å². The number of aliphatic hydroxyl groups excluding tert-OH is 1. The maximum absolute atomic E-state index is 14.3. The second-order valence-corrected chi connectivity index (χ2v) is 22.3. The molecule has 3 aliphatic heterocycles. The summed E-state index contributed by atoms with van der Waals surface area (Å²) in [4.78, 5) is 71.7. The molecule has 1 aromatic carbocycles. The Morgan fingerprint density at radius 2 is 1.07 bits per heavy atom. The molecular weight excluding hydrogens is 933 g/mol. The molecule has 3 aliphatic rings.